The Morgan fingerprint density at radius 2 is 1.70 bits per heavy atom. The molecule has 116 valence electrons. The standard InChI is InChI=1S/C17H32O2Si/c1-5-15-11-9-10-12-16(15)13-17(14-18)19-20(6-2,7-3)8-4/h5,13,15-16,18H,1,6-12,14H2,2-4H3/b17-13+/t15-,16+/m1/s1. The fourth-order valence-corrected chi connectivity index (χ4v) is 5.91. The molecule has 3 heteroatoms. The Morgan fingerprint density at radius 3 is 2.15 bits per heavy atom. The second-order valence-electron chi connectivity index (χ2n) is 5.98. The third-order valence-electron chi connectivity index (χ3n) is 5.01. The minimum absolute atomic E-state index is 0.0368. The zero-order valence-electron chi connectivity index (χ0n) is 13.5. The van der Waals surface area contributed by atoms with E-state index in [0.717, 1.165) is 23.9 Å². The molecule has 1 rings (SSSR count). The first kappa shape index (κ1) is 17.5. The number of rotatable bonds is 8. The second-order valence-corrected chi connectivity index (χ2v) is 10.7. The monoisotopic (exact) mass is 296 g/mol. The molecule has 0 heterocycles. The van der Waals surface area contributed by atoms with Gasteiger partial charge in [-0.15, -0.1) is 6.58 Å². The molecule has 20 heavy (non-hydrogen) atoms. The van der Waals surface area contributed by atoms with E-state index in [2.05, 4.69) is 39.5 Å². The van der Waals surface area contributed by atoms with E-state index in [0.29, 0.717) is 11.8 Å². The molecule has 0 radical (unpaired) electrons. The fraction of sp³-hybridized carbons (Fsp3) is 0.765. The van der Waals surface area contributed by atoms with Crippen LogP contribution in [-0.2, 0) is 4.43 Å². The highest BCUT2D eigenvalue weighted by Crippen LogP contribution is 2.33. The molecule has 0 saturated heterocycles. The van der Waals surface area contributed by atoms with Crippen molar-refractivity contribution in [2.45, 2.75) is 64.6 Å². The van der Waals surface area contributed by atoms with E-state index in [4.69, 9.17) is 4.43 Å². The molecule has 2 atom stereocenters. The van der Waals surface area contributed by atoms with Gasteiger partial charge in [0.2, 0.25) is 8.32 Å². The molecular weight excluding hydrogens is 264 g/mol. The molecule has 1 fully saturated rings. The molecule has 0 aromatic rings. The Bertz CT molecular complexity index is 313. The van der Waals surface area contributed by atoms with Gasteiger partial charge in [-0.05, 0) is 48.9 Å². The highest BCUT2D eigenvalue weighted by Gasteiger charge is 2.32. The van der Waals surface area contributed by atoms with E-state index < -0.39 is 8.32 Å². The summed E-state index contributed by atoms with van der Waals surface area (Å²) in [7, 11) is -1.67. The molecule has 1 saturated carbocycles. The molecule has 1 N–H and O–H groups in total. The normalized spacial score (nSPS) is 24.5. The maximum atomic E-state index is 9.67. The summed E-state index contributed by atoms with van der Waals surface area (Å²) in [4.78, 5) is 0. The third-order valence-corrected chi connectivity index (χ3v) is 9.58. The Kier molecular flexibility index (Phi) is 7.60. The van der Waals surface area contributed by atoms with Crippen LogP contribution in [0.3, 0.4) is 0 Å². The first-order valence-corrected chi connectivity index (χ1v) is 10.8. The third kappa shape index (κ3) is 4.49. The van der Waals surface area contributed by atoms with E-state index in [1.807, 2.05) is 0 Å². The van der Waals surface area contributed by atoms with Gasteiger partial charge >= 0.3 is 0 Å². The molecule has 1 aliphatic rings. The average molecular weight is 297 g/mol. The van der Waals surface area contributed by atoms with Crippen LogP contribution >= 0.6 is 0 Å². The molecular formula is C17H32O2Si. The van der Waals surface area contributed by atoms with Crippen LogP contribution in [0.5, 0.6) is 0 Å². The lowest BCUT2D eigenvalue weighted by atomic mass is 9.79. The van der Waals surface area contributed by atoms with Gasteiger partial charge in [-0.25, -0.2) is 0 Å². The van der Waals surface area contributed by atoms with Crippen LogP contribution in [0, 0.1) is 11.8 Å². The molecule has 0 aromatic carbocycles. The van der Waals surface area contributed by atoms with Crippen molar-refractivity contribution in [3.8, 4) is 0 Å². The van der Waals surface area contributed by atoms with E-state index in [9.17, 15) is 5.11 Å². The average Bonchev–Trinajstić information content (AvgIpc) is 2.52. The number of hydrogen-bond donors (Lipinski definition) is 1. The molecule has 0 unspecified atom stereocenters. The summed E-state index contributed by atoms with van der Waals surface area (Å²) in [5.74, 6) is 1.87. The fourth-order valence-electron chi connectivity index (χ4n) is 3.29. The molecule has 0 spiro atoms. The Hall–Kier alpha value is -0.543. The molecule has 0 amide bonds. The van der Waals surface area contributed by atoms with Crippen molar-refractivity contribution in [1.29, 1.82) is 0 Å². The van der Waals surface area contributed by atoms with E-state index >= 15 is 0 Å². The van der Waals surface area contributed by atoms with Gasteiger partial charge in [-0.2, -0.15) is 0 Å². The molecule has 0 aromatic heterocycles. The SMILES string of the molecule is C=C[C@@H]1CCCC[C@H]1/C=C(\CO)O[Si](CC)(CC)CC. The van der Waals surface area contributed by atoms with Gasteiger partial charge < -0.3 is 9.53 Å². The van der Waals surface area contributed by atoms with Gasteiger partial charge in [0.05, 0.1) is 6.61 Å². The number of allylic oxidation sites excluding steroid dienone is 2. The second kappa shape index (κ2) is 8.68. The topological polar surface area (TPSA) is 29.5 Å². The Balaban J connectivity index is 2.82. The molecule has 2 nitrogen and oxygen atoms in total. The van der Waals surface area contributed by atoms with E-state index in [1.54, 1.807) is 0 Å². The van der Waals surface area contributed by atoms with Crippen molar-refractivity contribution in [1.82, 2.24) is 0 Å². The number of aliphatic hydroxyl groups excluding tert-OH is 1. The van der Waals surface area contributed by atoms with E-state index in [-0.39, 0.29) is 6.61 Å². The molecule has 0 aliphatic heterocycles. The van der Waals surface area contributed by atoms with Gasteiger partial charge in [0.15, 0.2) is 0 Å². The summed E-state index contributed by atoms with van der Waals surface area (Å²) in [6, 6.07) is 3.35. The summed E-state index contributed by atoms with van der Waals surface area (Å²) >= 11 is 0. The molecule has 0 bridgehead atoms. The number of hydrogen-bond acceptors (Lipinski definition) is 2. The summed E-state index contributed by atoms with van der Waals surface area (Å²) < 4.78 is 6.35. The predicted molar refractivity (Wildman–Crippen MR) is 89.1 cm³/mol. The number of aliphatic hydroxyl groups is 1. The van der Waals surface area contributed by atoms with Gasteiger partial charge in [0.1, 0.15) is 5.76 Å². The van der Waals surface area contributed by atoms with Gasteiger partial charge in [0.25, 0.3) is 0 Å². The lowest BCUT2D eigenvalue weighted by Crippen LogP contribution is -2.36. The van der Waals surface area contributed by atoms with Crippen molar-refractivity contribution in [2.24, 2.45) is 11.8 Å². The predicted octanol–water partition coefficient (Wildman–Crippen LogP) is 4.88. The van der Waals surface area contributed by atoms with Crippen molar-refractivity contribution >= 4 is 8.32 Å². The van der Waals surface area contributed by atoms with Crippen LogP contribution in [0.4, 0.5) is 0 Å². The zero-order valence-corrected chi connectivity index (χ0v) is 14.5. The zero-order chi connectivity index (χ0) is 15.0. The Labute approximate surface area is 126 Å². The van der Waals surface area contributed by atoms with Crippen LogP contribution in [0.25, 0.3) is 0 Å². The summed E-state index contributed by atoms with van der Waals surface area (Å²) in [6.45, 7) is 10.7. The first-order valence-electron chi connectivity index (χ1n) is 8.27. The van der Waals surface area contributed by atoms with Gasteiger partial charge in [-0.1, -0.05) is 39.7 Å². The summed E-state index contributed by atoms with van der Waals surface area (Å²) in [5, 5.41) is 9.67. The lowest BCUT2D eigenvalue weighted by Gasteiger charge is -2.32. The van der Waals surface area contributed by atoms with Crippen molar-refractivity contribution in [2.75, 3.05) is 6.61 Å². The van der Waals surface area contributed by atoms with Crippen LogP contribution in [0.2, 0.25) is 18.1 Å². The smallest absolute Gasteiger partial charge is 0.250 e. The van der Waals surface area contributed by atoms with E-state index in [1.165, 1.54) is 25.7 Å². The van der Waals surface area contributed by atoms with Crippen molar-refractivity contribution in [3.05, 3.63) is 24.5 Å². The summed E-state index contributed by atoms with van der Waals surface area (Å²) in [5.41, 5.74) is 0. The first-order chi connectivity index (χ1) is 9.64. The van der Waals surface area contributed by atoms with Crippen LogP contribution in [0.1, 0.15) is 46.5 Å². The molecule has 1 aliphatic carbocycles. The summed E-state index contributed by atoms with van der Waals surface area (Å²) in [6.07, 6.45) is 9.29. The van der Waals surface area contributed by atoms with Crippen LogP contribution in [-0.4, -0.2) is 20.0 Å². The van der Waals surface area contributed by atoms with Crippen molar-refractivity contribution in [3.63, 3.8) is 0 Å². The quantitative estimate of drug-likeness (QED) is 0.393. The van der Waals surface area contributed by atoms with Crippen LogP contribution in [0.15, 0.2) is 24.5 Å². The highest BCUT2D eigenvalue weighted by molar-refractivity contribution is 6.73. The maximum Gasteiger partial charge on any atom is 0.250 e. The Morgan fingerprint density at radius 1 is 1.15 bits per heavy atom. The van der Waals surface area contributed by atoms with Crippen LogP contribution < -0.4 is 0 Å². The highest BCUT2D eigenvalue weighted by atomic mass is 28.4. The minimum Gasteiger partial charge on any atom is -0.545 e. The largest absolute Gasteiger partial charge is 0.545 e. The maximum absolute atomic E-state index is 9.67. The van der Waals surface area contributed by atoms with Gasteiger partial charge in [-0.3, -0.25) is 0 Å². The van der Waals surface area contributed by atoms with Crippen molar-refractivity contribution < 1.29 is 9.53 Å². The minimum atomic E-state index is -1.67. The lowest BCUT2D eigenvalue weighted by molar-refractivity contribution is 0.246. The van der Waals surface area contributed by atoms with Gasteiger partial charge in [0, 0.05) is 0 Å².